The normalized spacial score (nSPS) is 12.2. The number of hydrogen-bond donors (Lipinski definition) is 0. The second-order valence-corrected chi connectivity index (χ2v) is 4.43. The lowest BCUT2D eigenvalue weighted by Gasteiger charge is -2.11. The van der Waals surface area contributed by atoms with Crippen molar-refractivity contribution in [1.29, 1.82) is 0 Å². The first-order chi connectivity index (χ1) is 7.56. The van der Waals surface area contributed by atoms with E-state index < -0.39 is 0 Å². The molecule has 0 amide bonds. The number of hydrogen-bond acceptors (Lipinski definition) is 2. The van der Waals surface area contributed by atoms with Crippen LogP contribution in [0.5, 0.6) is 5.75 Å². The van der Waals surface area contributed by atoms with Crippen molar-refractivity contribution in [2.45, 2.75) is 20.3 Å². The van der Waals surface area contributed by atoms with Crippen LogP contribution in [-0.4, -0.2) is 12.4 Å². The van der Waals surface area contributed by atoms with Crippen LogP contribution >= 0.6 is 23.2 Å². The molecule has 0 fully saturated rings. The number of ether oxygens (including phenoxy) is 1. The number of carbonyl (C=O) groups is 1. The Kier molecular flexibility index (Phi) is 5.10. The molecular formula is C12H14Cl2O2. The lowest BCUT2D eigenvalue weighted by molar-refractivity contribution is -0.124. The van der Waals surface area contributed by atoms with Crippen molar-refractivity contribution in [3.05, 3.63) is 28.2 Å². The first-order valence-electron chi connectivity index (χ1n) is 5.15. The highest BCUT2D eigenvalue weighted by Crippen LogP contribution is 2.32. The Balaban J connectivity index is 2.65. The van der Waals surface area contributed by atoms with Gasteiger partial charge in [-0.2, -0.15) is 0 Å². The van der Waals surface area contributed by atoms with Crippen molar-refractivity contribution in [2.75, 3.05) is 6.61 Å². The fourth-order valence-corrected chi connectivity index (χ4v) is 1.64. The molecule has 4 heteroatoms. The molecule has 2 nitrogen and oxygen atoms in total. The third kappa shape index (κ3) is 3.39. The van der Waals surface area contributed by atoms with Crippen molar-refractivity contribution in [2.24, 2.45) is 5.92 Å². The maximum atomic E-state index is 11.6. The summed E-state index contributed by atoms with van der Waals surface area (Å²) in [5.41, 5.74) is 0. The second-order valence-electron chi connectivity index (χ2n) is 3.62. The smallest absolute Gasteiger partial charge is 0.172 e. The fraction of sp³-hybridized carbons (Fsp3) is 0.417. The molecule has 16 heavy (non-hydrogen) atoms. The molecule has 0 aliphatic rings. The van der Waals surface area contributed by atoms with Gasteiger partial charge in [0, 0.05) is 5.92 Å². The minimum absolute atomic E-state index is 0.00117. The Morgan fingerprint density at radius 2 is 1.94 bits per heavy atom. The highest BCUT2D eigenvalue weighted by molar-refractivity contribution is 6.37. The number of benzene rings is 1. The monoisotopic (exact) mass is 260 g/mol. The summed E-state index contributed by atoms with van der Waals surface area (Å²) in [7, 11) is 0. The molecule has 88 valence electrons. The molecule has 0 saturated heterocycles. The van der Waals surface area contributed by atoms with E-state index >= 15 is 0 Å². The van der Waals surface area contributed by atoms with Gasteiger partial charge in [0.25, 0.3) is 0 Å². The van der Waals surface area contributed by atoms with E-state index in [0.717, 1.165) is 6.42 Å². The van der Waals surface area contributed by atoms with Crippen LogP contribution in [0, 0.1) is 5.92 Å². The van der Waals surface area contributed by atoms with Crippen molar-refractivity contribution in [3.63, 3.8) is 0 Å². The van der Waals surface area contributed by atoms with Crippen LogP contribution < -0.4 is 4.74 Å². The minimum atomic E-state index is 0.00117. The van der Waals surface area contributed by atoms with Gasteiger partial charge in [-0.05, 0) is 18.6 Å². The standard InChI is InChI=1S/C12H14Cl2O2/c1-3-8(2)11(15)7-16-12-9(13)5-4-6-10(12)14/h4-6,8H,3,7H2,1-2H3. The number of rotatable bonds is 5. The molecule has 1 rings (SSSR count). The van der Waals surface area contributed by atoms with E-state index in [9.17, 15) is 4.79 Å². The molecule has 1 atom stereocenters. The summed E-state index contributed by atoms with van der Waals surface area (Å²) in [5.74, 6) is 0.433. The lowest BCUT2D eigenvalue weighted by atomic mass is 10.1. The summed E-state index contributed by atoms with van der Waals surface area (Å²) in [6, 6.07) is 5.08. The average molecular weight is 261 g/mol. The van der Waals surface area contributed by atoms with Crippen molar-refractivity contribution >= 4 is 29.0 Å². The molecule has 0 saturated carbocycles. The third-order valence-corrected chi connectivity index (χ3v) is 3.03. The largest absolute Gasteiger partial charge is 0.483 e. The Bertz CT molecular complexity index is 357. The molecule has 1 aromatic carbocycles. The Morgan fingerprint density at radius 3 is 2.44 bits per heavy atom. The van der Waals surface area contributed by atoms with Gasteiger partial charge in [-0.3, -0.25) is 4.79 Å². The van der Waals surface area contributed by atoms with Crippen molar-refractivity contribution in [1.82, 2.24) is 0 Å². The van der Waals surface area contributed by atoms with Gasteiger partial charge in [0.1, 0.15) is 6.61 Å². The molecule has 0 aliphatic heterocycles. The summed E-state index contributed by atoms with van der Waals surface area (Å²) in [4.78, 5) is 11.6. The molecule has 0 aromatic heterocycles. The zero-order valence-electron chi connectivity index (χ0n) is 9.30. The molecular weight excluding hydrogens is 247 g/mol. The van der Waals surface area contributed by atoms with Gasteiger partial charge in [-0.1, -0.05) is 43.1 Å². The first-order valence-corrected chi connectivity index (χ1v) is 5.91. The topological polar surface area (TPSA) is 26.3 Å². The van der Waals surface area contributed by atoms with E-state index in [1.165, 1.54) is 0 Å². The van der Waals surface area contributed by atoms with Crippen LogP contribution in [-0.2, 0) is 4.79 Å². The minimum Gasteiger partial charge on any atom is -0.483 e. The van der Waals surface area contributed by atoms with Crippen LogP contribution in [0.4, 0.5) is 0 Å². The maximum absolute atomic E-state index is 11.6. The van der Waals surface area contributed by atoms with E-state index in [-0.39, 0.29) is 18.3 Å². The second kappa shape index (κ2) is 6.12. The lowest BCUT2D eigenvalue weighted by Crippen LogP contribution is -2.18. The highest BCUT2D eigenvalue weighted by Gasteiger charge is 2.13. The predicted molar refractivity (Wildman–Crippen MR) is 66.4 cm³/mol. The predicted octanol–water partition coefficient (Wildman–Crippen LogP) is 3.99. The summed E-state index contributed by atoms with van der Waals surface area (Å²) < 4.78 is 5.34. The molecule has 0 radical (unpaired) electrons. The quantitative estimate of drug-likeness (QED) is 0.801. The van der Waals surface area contributed by atoms with Crippen LogP contribution in [0.25, 0.3) is 0 Å². The van der Waals surface area contributed by atoms with E-state index in [0.29, 0.717) is 15.8 Å². The maximum Gasteiger partial charge on any atom is 0.172 e. The molecule has 0 bridgehead atoms. The molecule has 0 N–H and O–H groups in total. The number of ketones is 1. The highest BCUT2D eigenvalue weighted by atomic mass is 35.5. The molecule has 0 spiro atoms. The summed E-state index contributed by atoms with van der Waals surface area (Å²) in [5, 5.41) is 0.842. The molecule has 0 heterocycles. The molecule has 1 aromatic rings. The van der Waals surface area contributed by atoms with Crippen LogP contribution in [0.2, 0.25) is 10.0 Å². The van der Waals surface area contributed by atoms with E-state index in [1.807, 2.05) is 13.8 Å². The van der Waals surface area contributed by atoms with Gasteiger partial charge < -0.3 is 4.74 Å². The van der Waals surface area contributed by atoms with Crippen LogP contribution in [0.1, 0.15) is 20.3 Å². The van der Waals surface area contributed by atoms with Crippen LogP contribution in [0.15, 0.2) is 18.2 Å². The summed E-state index contributed by atoms with van der Waals surface area (Å²) in [6.07, 6.45) is 0.804. The number of carbonyl (C=O) groups excluding carboxylic acids is 1. The Morgan fingerprint density at radius 1 is 1.38 bits per heavy atom. The van der Waals surface area contributed by atoms with Crippen molar-refractivity contribution < 1.29 is 9.53 Å². The van der Waals surface area contributed by atoms with Crippen LogP contribution in [0.3, 0.4) is 0 Å². The van der Waals surface area contributed by atoms with E-state index in [4.69, 9.17) is 27.9 Å². The fourth-order valence-electron chi connectivity index (χ4n) is 1.13. The van der Waals surface area contributed by atoms with E-state index in [1.54, 1.807) is 18.2 Å². The zero-order valence-corrected chi connectivity index (χ0v) is 10.8. The molecule has 1 unspecified atom stereocenters. The van der Waals surface area contributed by atoms with Gasteiger partial charge in [0.05, 0.1) is 10.0 Å². The summed E-state index contributed by atoms with van der Waals surface area (Å²) in [6.45, 7) is 3.85. The van der Waals surface area contributed by atoms with Gasteiger partial charge in [0.2, 0.25) is 0 Å². The van der Waals surface area contributed by atoms with Gasteiger partial charge in [0.15, 0.2) is 11.5 Å². The van der Waals surface area contributed by atoms with Gasteiger partial charge >= 0.3 is 0 Å². The summed E-state index contributed by atoms with van der Waals surface area (Å²) >= 11 is 11.8. The van der Waals surface area contributed by atoms with Gasteiger partial charge in [-0.15, -0.1) is 0 Å². The van der Waals surface area contributed by atoms with Gasteiger partial charge in [-0.25, -0.2) is 0 Å². The SMILES string of the molecule is CCC(C)C(=O)COc1c(Cl)cccc1Cl. The van der Waals surface area contributed by atoms with Crippen molar-refractivity contribution in [3.8, 4) is 5.75 Å². The number of Topliss-reactive ketones (excluding diaryl/α,β-unsaturated/α-hetero) is 1. The third-order valence-electron chi connectivity index (χ3n) is 2.44. The Hall–Kier alpha value is -0.730. The van der Waals surface area contributed by atoms with E-state index in [2.05, 4.69) is 0 Å². The first kappa shape index (κ1) is 13.3. The zero-order chi connectivity index (χ0) is 12.1. The Labute approximate surface area is 106 Å². The number of halogens is 2. The molecule has 0 aliphatic carbocycles. The number of para-hydroxylation sites is 1. The average Bonchev–Trinajstić information content (AvgIpc) is 2.27.